The molecule has 0 atom stereocenters. The third kappa shape index (κ3) is 6.87. The van der Waals surface area contributed by atoms with Crippen molar-refractivity contribution >= 4 is 41.5 Å². The second-order valence-electron chi connectivity index (χ2n) is 7.86. The highest BCUT2D eigenvalue weighted by molar-refractivity contribution is 14.0. The molecule has 2 N–H and O–H groups in total. The Morgan fingerprint density at radius 2 is 1.97 bits per heavy atom. The number of hydrogen-bond donors (Lipinski definition) is 2. The van der Waals surface area contributed by atoms with Crippen molar-refractivity contribution in [3.05, 3.63) is 28.8 Å². The van der Waals surface area contributed by atoms with Gasteiger partial charge in [-0.25, -0.2) is 0 Å². The van der Waals surface area contributed by atoms with Crippen molar-refractivity contribution in [2.75, 3.05) is 53.0 Å². The first-order valence-corrected chi connectivity index (χ1v) is 11.2. The highest BCUT2D eigenvalue weighted by Gasteiger charge is 2.39. The molecule has 2 aliphatic rings. The van der Waals surface area contributed by atoms with Gasteiger partial charge < -0.3 is 20.1 Å². The van der Waals surface area contributed by atoms with Gasteiger partial charge in [0.05, 0.1) is 13.7 Å². The van der Waals surface area contributed by atoms with E-state index in [1.165, 1.54) is 25.9 Å². The van der Waals surface area contributed by atoms with Crippen LogP contribution in [0.4, 0.5) is 0 Å². The fraction of sp³-hybridized carbons (Fsp3) is 0.682. The molecular formula is C22H36ClIN4O2. The zero-order chi connectivity index (χ0) is 20.5. The monoisotopic (exact) mass is 550 g/mol. The van der Waals surface area contributed by atoms with Gasteiger partial charge in [0.15, 0.2) is 5.96 Å². The van der Waals surface area contributed by atoms with E-state index >= 15 is 0 Å². The number of nitrogens with zero attached hydrogens (tertiary/aromatic N) is 2. The van der Waals surface area contributed by atoms with Crippen LogP contribution in [0.2, 0.25) is 5.02 Å². The lowest BCUT2D eigenvalue weighted by Crippen LogP contribution is -2.54. The number of halogens is 2. The zero-order valence-electron chi connectivity index (χ0n) is 18.2. The molecule has 0 unspecified atom stereocenters. The molecule has 2 saturated heterocycles. The predicted molar refractivity (Wildman–Crippen MR) is 135 cm³/mol. The van der Waals surface area contributed by atoms with E-state index in [0.717, 1.165) is 74.4 Å². The molecule has 30 heavy (non-hydrogen) atoms. The standard InChI is InChI=1S/C22H35ClN4O2.HI/c1-3-24-21(25-11-8-18-6-7-19(28-2)16-20(18)23)26-17-22(9-14-29-15-10-22)27-12-4-5-13-27;/h6-7,16H,3-5,8-15,17H2,1-2H3,(H2,24,25,26);1H. The van der Waals surface area contributed by atoms with Gasteiger partial charge in [-0.05, 0) is 69.8 Å². The van der Waals surface area contributed by atoms with Gasteiger partial charge in [-0.15, -0.1) is 24.0 Å². The third-order valence-electron chi connectivity index (χ3n) is 6.02. The van der Waals surface area contributed by atoms with Crippen LogP contribution in [-0.4, -0.2) is 69.4 Å². The fourth-order valence-electron chi connectivity index (χ4n) is 4.26. The van der Waals surface area contributed by atoms with Crippen LogP contribution in [0.5, 0.6) is 5.75 Å². The molecule has 1 aromatic carbocycles. The second-order valence-corrected chi connectivity index (χ2v) is 8.27. The van der Waals surface area contributed by atoms with E-state index in [9.17, 15) is 0 Å². The van der Waals surface area contributed by atoms with Crippen molar-refractivity contribution in [3.8, 4) is 5.75 Å². The first-order chi connectivity index (χ1) is 14.2. The summed E-state index contributed by atoms with van der Waals surface area (Å²) in [5.41, 5.74) is 1.25. The number of hydrogen-bond acceptors (Lipinski definition) is 4. The van der Waals surface area contributed by atoms with Crippen molar-refractivity contribution in [2.45, 2.75) is 44.6 Å². The number of rotatable bonds is 8. The minimum atomic E-state index is 0. The van der Waals surface area contributed by atoms with Crippen molar-refractivity contribution in [3.63, 3.8) is 0 Å². The van der Waals surface area contributed by atoms with E-state index in [1.807, 2.05) is 18.2 Å². The molecule has 0 saturated carbocycles. The lowest BCUT2D eigenvalue weighted by Gasteiger charge is -2.43. The van der Waals surface area contributed by atoms with Crippen molar-refractivity contribution in [2.24, 2.45) is 4.99 Å². The Labute approximate surface area is 203 Å². The summed E-state index contributed by atoms with van der Waals surface area (Å²) >= 11 is 6.37. The summed E-state index contributed by atoms with van der Waals surface area (Å²) in [7, 11) is 1.65. The van der Waals surface area contributed by atoms with Crippen molar-refractivity contribution < 1.29 is 9.47 Å². The third-order valence-corrected chi connectivity index (χ3v) is 6.37. The van der Waals surface area contributed by atoms with E-state index in [2.05, 4.69) is 22.5 Å². The molecule has 170 valence electrons. The Kier molecular flexibility index (Phi) is 11.0. The number of likely N-dealkylation sites (tertiary alicyclic amines) is 1. The molecule has 0 radical (unpaired) electrons. The van der Waals surface area contributed by atoms with E-state index in [-0.39, 0.29) is 29.5 Å². The van der Waals surface area contributed by atoms with Gasteiger partial charge in [0.25, 0.3) is 0 Å². The summed E-state index contributed by atoms with van der Waals surface area (Å²) in [6.45, 7) is 8.59. The largest absolute Gasteiger partial charge is 0.497 e. The summed E-state index contributed by atoms with van der Waals surface area (Å²) in [6, 6.07) is 5.84. The van der Waals surface area contributed by atoms with Gasteiger partial charge in [-0.2, -0.15) is 0 Å². The normalized spacial score (nSPS) is 19.2. The molecule has 8 heteroatoms. The van der Waals surface area contributed by atoms with Gasteiger partial charge in [0, 0.05) is 36.9 Å². The van der Waals surface area contributed by atoms with Gasteiger partial charge in [-0.1, -0.05) is 17.7 Å². The molecule has 6 nitrogen and oxygen atoms in total. The van der Waals surface area contributed by atoms with E-state index in [0.29, 0.717) is 0 Å². The number of ether oxygens (including phenoxy) is 2. The van der Waals surface area contributed by atoms with Crippen LogP contribution in [-0.2, 0) is 11.2 Å². The first-order valence-electron chi connectivity index (χ1n) is 10.8. The molecule has 0 bridgehead atoms. The van der Waals surface area contributed by atoms with Gasteiger partial charge in [0.1, 0.15) is 5.75 Å². The molecule has 0 amide bonds. The molecule has 1 aromatic rings. The van der Waals surface area contributed by atoms with Crippen LogP contribution in [0.1, 0.15) is 38.2 Å². The number of aliphatic imine (C=N–C) groups is 1. The quantitative estimate of drug-likeness (QED) is 0.294. The van der Waals surface area contributed by atoms with Crippen molar-refractivity contribution in [1.29, 1.82) is 0 Å². The van der Waals surface area contributed by atoms with Crippen LogP contribution in [0, 0.1) is 0 Å². The molecule has 0 spiro atoms. The number of benzene rings is 1. The van der Waals surface area contributed by atoms with Crippen LogP contribution in [0.3, 0.4) is 0 Å². The Hall–Kier alpha value is -0.770. The summed E-state index contributed by atoms with van der Waals surface area (Å²) < 4.78 is 10.9. The predicted octanol–water partition coefficient (Wildman–Crippen LogP) is 3.71. The second kappa shape index (κ2) is 12.9. The molecule has 2 fully saturated rings. The maximum Gasteiger partial charge on any atom is 0.191 e. The molecule has 2 heterocycles. The molecule has 2 aliphatic heterocycles. The molecule has 0 aromatic heterocycles. The summed E-state index contributed by atoms with van der Waals surface area (Å²) in [6.07, 6.45) is 5.56. The Morgan fingerprint density at radius 1 is 1.23 bits per heavy atom. The average Bonchev–Trinajstić information content (AvgIpc) is 3.29. The summed E-state index contributed by atoms with van der Waals surface area (Å²) in [5, 5.41) is 7.60. The maximum absolute atomic E-state index is 6.37. The SMILES string of the molecule is CCNC(=NCC1(N2CCCC2)CCOCC1)NCCc1ccc(OC)cc1Cl.I. The van der Waals surface area contributed by atoms with Crippen LogP contribution in [0.25, 0.3) is 0 Å². The number of nitrogens with one attached hydrogen (secondary N) is 2. The van der Waals surface area contributed by atoms with E-state index < -0.39 is 0 Å². The smallest absolute Gasteiger partial charge is 0.191 e. The Bertz CT molecular complexity index is 677. The number of methoxy groups -OCH3 is 1. The lowest BCUT2D eigenvalue weighted by molar-refractivity contribution is -0.0139. The topological polar surface area (TPSA) is 58.1 Å². The molecular weight excluding hydrogens is 515 g/mol. The number of guanidine groups is 1. The van der Waals surface area contributed by atoms with Crippen LogP contribution < -0.4 is 15.4 Å². The summed E-state index contributed by atoms with van der Waals surface area (Å²) in [4.78, 5) is 7.63. The Morgan fingerprint density at radius 3 is 2.60 bits per heavy atom. The Balaban J connectivity index is 0.00000320. The van der Waals surface area contributed by atoms with Gasteiger partial charge in [-0.3, -0.25) is 9.89 Å². The lowest BCUT2D eigenvalue weighted by atomic mass is 9.88. The average molecular weight is 551 g/mol. The highest BCUT2D eigenvalue weighted by Crippen LogP contribution is 2.31. The molecule has 0 aliphatic carbocycles. The highest BCUT2D eigenvalue weighted by atomic mass is 127. The van der Waals surface area contributed by atoms with Crippen molar-refractivity contribution in [1.82, 2.24) is 15.5 Å². The van der Waals surface area contributed by atoms with Gasteiger partial charge in [0.2, 0.25) is 0 Å². The zero-order valence-corrected chi connectivity index (χ0v) is 21.3. The maximum atomic E-state index is 6.37. The minimum absolute atomic E-state index is 0. The van der Waals surface area contributed by atoms with Crippen LogP contribution in [0.15, 0.2) is 23.2 Å². The van der Waals surface area contributed by atoms with Gasteiger partial charge >= 0.3 is 0 Å². The van der Waals surface area contributed by atoms with E-state index in [1.54, 1.807) is 7.11 Å². The van der Waals surface area contributed by atoms with Crippen LogP contribution >= 0.6 is 35.6 Å². The van der Waals surface area contributed by atoms with E-state index in [4.69, 9.17) is 26.1 Å². The molecule has 3 rings (SSSR count). The first kappa shape index (κ1) is 25.5. The minimum Gasteiger partial charge on any atom is -0.497 e. The summed E-state index contributed by atoms with van der Waals surface area (Å²) in [5.74, 6) is 1.66. The fourth-order valence-corrected chi connectivity index (χ4v) is 4.52.